The second-order valence-electron chi connectivity index (χ2n) is 9.35. The molecule has 0 atom stereocenters. The molecule has 0 saturated carbocycles. The Balaban J connectivity index is 0.000000394. The smallest absolute Gasteiger partial charge is 0.227 e. The Labute approximate surface area is 244 Å². The summed E-state index contributed by atoms with van der Waals surface area (Å²) in [6.45, 7) is 9.15. The Bertz CT molecular complexity index is 1850. The molecular weight excluding hydrogens is 685 g/mol. The zero-order valence-corrected chi connectivity index (χ0v) is 25.5. The summed E-state index contributed by atoms with van der Waals surface area (Å²) in [6.07, 6.45) is 1.17. The molecule has 0 bridgehead atoms. The van der Waals surface area contributed by atoms with E-state index in [1.165, 1.54) is 35.9 Å². The van der Waals surface area contributed by atoms with E-state index in [2.05, 4.69) is 55.2 Å². The zero-order chi connectivity index (χ0) is 27.0. The standard InChI is InChI=1S/C27H19N2OS.C5H8O2.Ir/c1-15-13-21-20-11-9-16(2)28-26(20)30-25(21)17(3)24(15)23-14-19-10-12-22(29-27(19)31-23)18-7-5-4-6-8-18;1-4(6)3-5(2)7;/h4-7,9-14H,1-3H3;3,6H,1-2H3;/q-1;;/b;4-3-;. The van der Waals surface area contributed by atoms with Crippen molar-refractivity contribution in [1.82, 2.24) is 9.97 Å². The van der Waals surface area contributed by atoms with Crippen LogP contribution in [0.2, 0.25) is 0 Å². The van der Waals surface area contributed by atoms with Crippen LogP contribution in [0.25, 0.3) is 54.0 Å². The molecular formula is C32H27IrN2O3S-. The van der Waals surface area contributed by atoms with Crippen molar-refractivity contribution in [3.63, 3.8) is 0 Å². The van der Waals surface area contributed by atoms with E-state index in [0.717, 1.165) is 49.1 Å². The summed E-state index contributed by atoms with van der Waals surface area (Å²) in [5.74, 6) is -0.0625. The maximum Gasteiger partial charge on any atom is 0.227 e. The Kier molecular flexibility index (Phi) is 8.45. The van der Waals surface area contributed by atoms with Gasteiger partial charge in [-0.25, -0.2) is 4.98 Å². The van der Waals surface area contributed by atoms with Gasteiger partial charge in [0.1, 0.15) is 10.4 Å². The van der Waals surface area contributed by atoms with Crippen molar-refractivity contribution in [3.8, 4) is 21.7 Å². The molecule has 6 rings (SSSR count). The number of thiophene rings is 1. The van der Waals surface area contributed by atoms with Gasteiger partial charge >= 0.3 is 0 Å². The number of hydrogen-bond acceptors (Lipinski definition) is 6. The van der Waals surface area contributed by atoms with Crippen molar-refractivity contribution >= 4 is 49.4 Å². The second kappa shape index (κ2) is 11.6. The van der Waals surface area contributed by atoms with E-state index in [1.54, 1.807) is 11.3 Å². The number of allylic oxidation sites excluding steroid dienone is 2. The molecule has 1 radical (unpaired) electrons. The van der Waals surface area contributed by atoms with E-state index in [0.29, 0.717) is 5.71 Å². The number of pyridine rings is 2. The fourth-order valence-electron chi connectivity index (χ4n) is 4.63. The minimum atomic E-state index is -0.125. The number of nitrogens with zero attached hydrogens (tertiary/aromatic N) is 2. The molecule has 6 aromatic rings. The van der Waals surface area contributed by atoms with Crippen LogP contribution in [0.15, 0.2) is 76.9 Å². The van der Waals surface area contributed by atoms with E-state index >= 15 is 0 Å². The first-order valence-electron chi connectivity index (χ1n) is 12.3. The van der Waals surface area contributed by atoms with Gasteiger partial charge in [-0.2, -0.15) is 0 Å². The van der Waals surface area contributed by atoms with Crippen LogP contribution in [-0.2, 0) is 24.9 Å². The molecule has 0 saturated heterocycles. The van der Waals surface area contributed by atoms with E-state index in [1.807, 2.05) is 37.3 Å². The fraction of sp³-hybridized carbons (Fsp3) is 0.156. The number of benzene rings is 2. The van der Waals surface area contributed by atoms with E-state index < -0.39 is 0 Å². The summed E-state index contributed by atoms with van der Waals surface area (Å²) in [5, 5.41) is 11.7. The van der Waals surface area contributed by atoms with Crippen LogP contribution in [0.5, 0.6) is 0 Å². The van der Waals surface area contributed by atoms with Crippen LogP contribution < -0.4 is 0 Å². The topological polar surface area (TPSA) is 76.2 Å². The molecule has 1 N–H and O–H groups in total. The van der Waals surface area contributed by atoms with Gasteiger partial charge in [-0.1, -0.05) is 12.1 Å². The van der Waals surface area contributed by atoms with Crippen LogP contribution in [0.1, 0.15) is 30.7 Å². The van der Waals surface area contributed by atoms with E-state index in [-0.39, 0.29) is 31.6 Å². The molecule has 4 heterocycles. The molecule has 0 aliphatic carbocycles. The number of hydrogen-bond donors (Lipinski definition) is 1. The Morgan fingerprint density at radius 3 is 2.46 bits per heavy atom. The van der Waals surface area contributed by atoms with Gasteiger partial charge in [0.05, 0.1) is 5.76 Å². The molecule has 5 nitrogen and oxygen atoms in total. The van der Waals surface area contributed by atoms with Gasteiger partial charge in [0.2, 0.25) is 5.71 Å². The third kappa shape index (κ3) is 5.86. The number of ketones is 1. The molecule has 2 aromatic carbocycles. The predicted octanol–water partition coefficient (Wildman–Crippen LogP) is 8.68. The average molecular weight is 712 g/mol. The number of aromatic nitrogens is 2. The van der Waals surface area contributed by atoms with Gasteiger partial charge in [0.15, 0.2) is 5.78 Å². The normalized spacial score (nSPS) is 11.4. The van der Waals surface area contributed by atoms with Gasteiger partial charge < -0.3 is 9.52 Å². The van der Waals surface area contributed by atoms with Crippen LogP contribution in [-0.4, -0.2) is 20.9 Å². The van der Waals surface area contributed by atoms with Gasteiger partial charge in [-0.3, -0.25) is 9.78 Å². The summed E-state index contributed by atoms with van der Waals surface area (Å²) in [7, 11) is 0. The van der Waals surface area contributed by atoms with Crippen molar-refractivity contribution in [1.29, 1.82) is 0 Å². The quantitative estimate of drug-likeness (QED) is 0.113. The van der Waals surface area contributed by atoms with Gasteiger partial charge in [-0.15, -0.1) is 47.2 Å². The van der Waals surface area contributed by atoms with Crippen molar-refractivity contribution in [2.75, 3.05) is 0 Å². The number of aryl methyl sites for hydroxylation is 3. The minimum absolute atomic E-state index is 0. The number of carbonyl (C=O) groups excluding carboxylic acids is 1. The summed E-state index contributed by atoms with van der Waals surface area (Å²) >= 11 is 1.72. The largest absolute Gasteiger partial charge is 0.512 e. The molecule has 0 amide bonds. The average Bonchev–Trinajstić information content (AvgIpc) is 3.44. The van der Waals surface area contributed by atoms with Gasteiger partial charge in [0.25, 0.3) is 0 Å². The van der Waals surface area contributed by atoms with Crippen molar-refractivity contribution in [2.24, 2.45) is 0 Å². The molecule has 4 aromatic heterocycles. The maximum atomic E-state index is 10.0. The SMILES string of the molecule is CC(=O)/C=C(/C)O.Cc1ccc2c(n1)oc1c(C)c(-c3cc4ccc(-c5[c-]cccc5)nc4s3)c(C)cc12.[Ir]. The fourth-order valence-corrected chi connectivity index (χ4v) is 5.83. The van der Waals surface area contributed by atoms with Crippen molar-refractivity contribution in [3.05, 3.63) is 95.4 Å². The van der Waals surface area contributed by atoms with Crippen LogP contribution in [0, 0.1) is 26.8 Å². The van der Waals surface area contributed by atoms with Crippen LogP contribution >= 0.6 is 11.3 Å². The molecule has 0 fully saturated rings. The maximum absolute atomic E-state index is 10.0. The number of aliphatic hydroxyl groups is 1. The summed E-state index contributed by atoms with van der Waals surface area (Å²) in [6, 6.07) is 24.0. The van der Waals surface area contributed by atoms with Crippen molar-refractivity contribution < 1.29 is 34.4 Å². The summed E-state index contributed by atoms with van der Waals surface area (Å²) in [5.41, 5.74) is 8.14. The molecule has 39 heavy (non-hydrogen) atoms. The van der Waals surface area contributed by atoms with Gasteiger partial charge in [0, 0.05) is 64.0 Å². The van der Waals surface area contributed by atoms with Crippen LogP contribution in [0.4, 0.5) is 0 Å². The number of fused-ring (bicyclic) bond motifs is 4. The number of aliphatic hydroxyl groups excluding tert-OH is 1. The molecule has 7 heteroatoms. The van der Waals surface area contributed by atoms with E-state index in [9.17, 15) is 4.79 Å². The Morgan fingerprint density at radius 1 is 1.00 bits per heavy atom. The first-order valence-corrected chi connectivity index (χ1v) is 13.1. The van der Waals surface area contributed by atoms with Crippen LogP contribution in [0.3, 0.4) is 0 Å². The predicted molar refractivity (Wildman–Crippen MR) is 156 cm³/mol. The zero-order valence-electron chi connectivity index (χ0n) is 22.3. The molecule has 0 aliphatic rings. The number of carbonyl (C=O) groups is 1. The Morgan fingerprint density at radius 2 is 1.79 bits per heavy atom. The molecule has 0 aliphatic heterocycles. The monoisotopic (exact) mass is 712 g/mol. The van der Waals surface area contributed by atoms with E-state index in [4.69, 9.17) is 14.5 Å². The Hall–Kier alpha value is -3.64. The molecule has 0 unspecified atom stereocenters. The van der Waals surface area contributed by atoms with Gasteiger partial charge in [-0.05, 0) is 70.1 Å². The van der Waals surface area contributed by atoms with Crippen molar-refractivity contribution in [2.45, 2.75) is 34.6 Å². The first kappa shape index (κ1) is 28.4. The first-order chi connectivity index (χ1) is 18.2. The molecule has 199 valence electrons. The summed E-state index contributed by atoms with van der Waals surface area (Å²) < 4.78 is 6.21. The second-order valence-corrected chi connectivity index (χ2v) is 10.4. The third-order valence-corrected chi connectivity index (χ3v) is 7.29. The third-order valence-electron chi connectivity index (χ3n) is 6.23. The number of rotatable bonds is 3. The summed E-state index contributed by atoms with van der Waals surface area (Å²) in [4.78, 5) is 21.8. The molecule has 0 spiro atoms. The number of furan rings is 1. The minimum Gasteiger partial charge on any atom is -0.512 e.